The lowest BCUT2D eigenvalue weighted by Gasteiger charge is -2.15. The van der Waals surface area contributed by atoms with E-state index in [-0.39, 0.29) is 22.6 Å². The first-order valence-corrected chi connectivity index (χ1v) is 18.4. The monoisotopic (exact) mass is 716 g/mol. The van der Waals surface area contributed by atoms with Crippen LogP contribution in [-0.4, -0.2) is 61.0 Å². The molecule has 6 aromatic rings. The van der Waals surface area contributed by atoms with Gasteiger partial charge in [-0.05, 0) is 61.4 Å². The summed E-state index contributed by atoms with van der Waals surface area (Å²) >= 11 is 0. The third-order valence-electron chi connectivity index (χ3n) is 8.05. The minimum absolute atomic E-state index is 0.0447. The molecule has 6 N–H and O–H groups in total. The number of sulfonamides is 2. The number of aryl methyl sites for hydroxylation is 2. The highest BCUT2D eigenvalue weighted by molar-refractivity contribution is 7.89. The molecule has 0 fully saturated rings. The summed E-state index contributed by atoms with van der Waals surface area (Å²) in [4.78, 5) is 29.4. The van der Waals surface area contributed by atoms with Crippen molar-refractivity contribution >= 4 is 53.8 Å². The van der Waals surface area contributed by atoms with Crippen molar-refractivity contribution in [3.05, 3.63) is 132 Å². The van der Waals surface area contributed by atoms with E-state index in [1.165, 1.54) is 24.3 Å². The molecule has 0 saturated carbocycles. The van der Waals surface area contributed by atoms with E-state index >= 15 is 0 Å². The number of aromatic nitrogens is 2. The zero-order valence-electron chi connectivity index (χ0n) is 27.1. The van der Waals surface area contributed by atoms with Crippen LogP contribution in [0.1, 0.15) is 22.3 Å². The summed E-state index contributed by atoms with van der Waals surface area (Å²) in [7, 11) is -7.84. The average Bonchev–Trinajstić information content (AvgIpc) is 3.68. The number of carboxylic acids is 2. The predicted molar refractivity (Wildman–Crippen MR) is 190 cm³/mol. The van der Waals surface area contributed by atoms with Crippen LogP contribution >= 0.6 is 0 Å². The fraction of sp³-hybridized carbons (Fsp3) is 0.167. The molecule has 0 radical (unpaired) electrons. The van der Waals surface area contributed by atoms with Gasteiger partial charge in [-0.2, -0.15) is 9.44 Å². The Bertz CT molecular complexity index is 2180. The first-order chi connectivity index (χ1) is 23.7. The third kappa shape index (κ3) is 8.65. The van der Waals surface area contributed by atoms with Crippen LogP contribution in [0.15, 0.2) is 119 Å². The summed E-state index contributed by atoms with van der Waals surface area (Å²) in [5.74, 6) is -2.44. The average molecular weight is 717 g/mol. The molecule has 2 heterocycles. The zero-order chi connectivity index (χ0) is 36.1. The van der Waals surface area contributed by atoms with Gasteiger partial charge in [0.05, 0.1) is 9.79 Å². The normalized spacial score (nSPS) is 13.0. The molecule has 0 unspecified atom stereocenters. The van der Waals surface area contributed by atoms with Crippen molar-refractivity contribution in [1.29, 1.82) is 0 Å². The van der Waals surface area contributed by atoms with E-state index in [4.69, 9.17) is 0 Å². The summed E-state index contributed by atoms with van der Waals surface area (Å²) in [6.07, 6.45) is 3.51. The van der Waals surface area contributed by atoms with Crippen LogP contribution in [0.5, 0.6) is 0 Å². The zero-order valence-corrected chi connectivity index (χ0v) is 28.8. The van der Waals surface area contributed by atoms with Crippen LogP contribution in [0, 0.1) is 13.8 Å². The van der Waals surface area contributed by atoms with E-state index in [1.807, 2.05) is 62.4 Å². The van der Waals surface area contributed by atoms with Crippen molar-refractivity contribution in [2.75, 3.05) is 0 Å². The van der Waals surface area contributed by atoms with Crippen LogP contribution in [0.2, 0.25) is 0 Å². The van der Waals surface area contributed by atoms with Gasteiger partial charge in [0.25, 0.3) is 0 Å². The number of hydrogen-bond acceptors (Lipinski definition) is 6. The summed E-state index contributed by atoms with van der Waals surface area (Å²) in [6.45, 7) is 3.70. The Kier molecular flexibility index (Phi) is 10.9. The van der Waals surface area contributed by atoms with Gasteiger partial charge in [-0.15, -0.1) is 0 Å². The number of fused-ring (bicyclic) bond motifs is 2. The quantitative estimate of drug-likeness (QED) is 0.103. The van der Waals surface area contributed by atoms with Gasteiger partial charge in [0.2, 0.25) is 20.0 Å². The molecule has 0 aliphatic heterocycles. The van der Waals surface area contributed by atoms with Crippen LogP contribution in [0.4, 0.5) is 0 Å². The first-order valence-electron chi connectivity index (χ1n) is 15.5. The minimum Gasteiger partial charge on any atom is -0.480 e. The lowest BCUT2D eigenvalue weighted by molar-refractivity contribution is -0.139. The summed E-state index contributed by atoms with van der Waals surface area (Å²) in [6, 6.07) is 25.0. The number of hydrogen-bond donors (Lipinski definition) is 6. The molecule has 6 rings (SSSR count). The van der Waals surface area contributed by atoms with E-state index in [0.29, 0.717) is 0 Å². The van der Waals surface area contributed by atoms with E-state index in [2.05, 4.69) is 19.4 Å². The molecular formula is C36H36N4O8S2. The van der Waals surface area contributed by atoms with E-state index in [1.54, 1.807) is 36.7 Å². The molecule has 0 saturated heterocycles. The van der Waals surface area contributed by atoms with Gasteiger partial charge in [0.15, 0.2) is 0 Å². The number of aromatic amines is 2. The molecule has 0 spiro atoms. The van der Waals surface area contributed by atoms with Crippen molar-refractivity contribution in [3.63, 3.8) is 0 Å². The second-order valence-corrected chi connectivity index (χ2v) is 15.2. The first kappa shape index (κ1) is 36.0. The van der Waals surface area contributed by atoms with Gasteiger partial charge in [-0.1, -0.05) is 71.8 Å². The summed E-state index contributed by atoms with van der Waals surface area (Å²) in [5.41, 5.74) is 5.09. The molecule has 260 valence electrons. The van der Waals surface area contributed by atoms with Gasteiger partial charge in [-0.25, -0.2) is 16.8 Å². The molecule has 2 aromatic heterocycles. The van der Waals surface area contributed by atoms with Crippen LogP contribution in [0.25, 0.3) is 21.8 Å². The van der Waals surface area contributed by atoms with Gasteiger partial charge < -0.3 is 20.2 Å². The Morgan fingerprint density at radius 1 is 0.580 bits per heavy atom. The minimum atomic E-state index is -3.92. The Hall–Kier alpha value is -5.28. The lowest BCUT2D eigenvalue weighted by atomic mass is 10.1. The standard InChI is InChI=1S/2C18H18N2O4S/c2*1-12-6-8-14(9-7-12)25(23,24)20-17(18(21)22)10-13-11-19-16-5-3-2-4-15(13)16/h2*2-9,11,17,19-20H,10H2,1H3,(H,21,22)/t2*17-/m00/s1. The largest absolute Gasteiger partial charge is 0.480 e. The van der Waals surface area contributed by atoms with Crippen molar-refractivity contribution in [3.8, 4) is 0 Å². The molecule has 14 heteroatoms. The Balaban J connectivity index is 0.000000194. The Morgan fingerprint density at radius 3 is 1.26 bits per heavy atom. The number of carboxylic acid groups (broad SMARTS) is 2. The molecule has 0 amide bonds. The number of benzene rings is 4. The highest BCUT2D eigenvalue weighted by Crippen LogP contribution is 2.22. The number of H-pyrrole nitrogens is 2. The maximum Gasteiger partial charge on any atom is 0.322 e. The Labute approximate surface area is 289 Å². The fourth-order valence-corrected chi connectivity index (χ4v) is 7.72. The molecule has 0 aliphatic rings. The second-order valence-electron chi connectivity index (χ2n) is 11.8. The Morgan fingerprint density at radius 2 is 0.920 bits per heavy atom. The molecular weight excluding hydrogens is 681 g/mol. The summed E-state index contributed by atoms with van der Waals surface area (Å²) < 4.78 is 54.5. The van der Waals surface area contributed by atoms with Crippen LogP contribution < -0.4 is 9.44 Å². The smallest absolute Gasteiger partial charge is 0.322 e. The molecule has 0 aliphatic carbocycles. The van der Waals surface area contributed by atoms with Crippen molar-refractivity contribution in [2.45, 2.75) is 48.6 Å². The molecule has 2 atom stereocenters. The van der Waals surface area contributed by atoms with E-state index in [9.17, 15) is 36.6 Å². The number of aliphatic carboxylic acids is 2. The lowest BCUT2D eigenvalue weighted by Crippen LogP contribution is -2.42. The van der Waals surface area contributed by atoms with Gasteiger partial charge in [0, 0.05) is 47.0 Å². The molecule has 50 heavy (non-hydrogen) atoms. The maximum atomic E-state index is 12.5. The number of para-hydroxylation sites is 2. The molecule has 0 bridgehead atoms. The third-order valence-corrected chi connectivity index (χ3v) is 11.0. The van der Waals surface area contributed by atoms with E-state index < -0.39 is 44.1 Å². The van der Waals surface area contributed by atoms with Gasteiger partial charge in [-0.3, -0.25) is 9.59 Å². The number of nitrogens with one attached hydrogen (secondary N) is 4. The van der Waals surface area contributed by atoms with Crippen molar-refractivity contribution in [2.24, 2.45) is 0 Å². The van der Waals surface area contributed by atoms with Gasteiger partial charge in [0.1, 0.15) is 12.1 Å². The van der Waals surface area contributed by atoms with Gasteiger partial charge >= 0.3 is 11.9 Å². The summed E-state index contributed by atoms with van der Waals surface area (Å²) in [5, 5.41) is 20.7. The molecule has 4 aromatic carbocycles. The van der Waals surface area contributed by atoms with Crippen LogP contribution in [0.3, 0.4) is 0 Å². The fourth-order valence-electron chi connectivity index (χ4n) is 5.35. The SMILES string of the molecule is Cc1ccc(S(=O)(=O)N[C@@H](Cc2c[nH]c3ccccc23)C(=O)O)cc1.Cc1ccc(S(=O)(=O)N[C@@H](Cc2c[nH]c3ccccc23)C(=O)O)cc1. The van der Waals surface area contributed by atoms with Crippen LogP contribution in [-0.2, 0) is 42.5 Å². The number of rotatable bonds is 12. The predicted octanol–water partition coefficient (Wildman–Crippen LogP) is 4.90. The highest BCUT2D eigenvalue weighted by Gasteiger charge is 2.28. The maximum absolute atomic E-state index is 12.5. The topological polar surface area (TPSA) is 199 Å². The van der Waals surface area contributed by atoms with E-state index in [0.717, 1.165) is 44.1 Å². The van der Waals surface area contributed by atoms with Crippen molar-refractivity contribution < 1.29 is 36.6 Å². The highest BCUT2D eigenvalue weighted by atomic mass is 32.2. The molecule has 12 nitrogen and oxygen atoms in total. The second kappa shape index (κ2) is 15.1. The number of carbonyl (C=O) groups is 2. The van der Waals surface area contributed by atoms with Crippen molar-refractivity contribution in [1.82, 2.24) is 19.4 Å².